The van der Waals surface area contributed by atoms with Gasteiger partial charge in [0.1, 0.15) is 4.90 Å². The van der Waals surface area contributed by atoms with Gasteiger partial charge in [0.2, 0.25) is 10.0 Å². The number of para-hydroxylation sites is 1. The largest absolute Gasteiger partial charge is 0.336 e. The number of pyridine rings is 1. The molecule has 0 bridgehead atoms. The maximum absolute atomic E-state index is 13.6. The Labute approximate surface area is 186 Å². The van der Waals surface area contributed by atoms with E-state index < -0.39 is 10.0 Å². The molecule has 8 heteroatoms. The molecule has 0 N–H and O–H groups in total. The van der Waals surface area contributed by atoms with Gasteiger partial charge >= 0.3 is 0 Å². The van der Waals surface area contributed by atoms with E-state index in [2.05, 4.69) is 0 Å². The summed E-state index contributed by atoms with van der Waals surface area (Å²) in [6.07, 6.45) is 2.75. The fourth-order valence-electron chi connectivity index (χ4n) is 4.54. The summed E-state index contributed by atoms with van der Waals surface area (Å²) < 4.78 is 27.4. The molecular formula is C23H22ClN3O3S. The highest BCUT2D eigenvalue weighted by atomic mass is 35.5. The number of sulfonamides is 1. The van der Waals surface area contributed by atoms with Crippen molar-refractivity contribution in [1.82, 2.24) is 14.2 Å². The molecule has 1 fully saturated rings. The van der Waals surface area contributed by atoms with Gasteiger partial charge in [0.25, 0.3) is 5.91 Å². The summed E-state index contributed by atoms with van der Waals surface area (Å²) in [5.41, 5.74) is 3.64. The number of fused-ring (bicyclic) bond motifs is 2. The number of aryl methyl sites for hydroxylation is 1. The van der Waals surface area contributed by atoms with Crippen LogP contribution in [-0.4, -0.2) is 54.7 Å². The van der Waals surface area contributed by atoms with E-state index in [1.165, 1.54) is 10.4 Å². The average molecular weight is 456 g/mol. The van der Waals surface area contributed by atoms with E-state index in [-0.39, 0.29) is 28.9 Å². The van der Waals surface area contributed by atoms with E-state index in [4.69, 9.17) is 16.6 Å². The SMILES string of the molecule is O=C(c1c2c(nc3ccccc13)CCC2)N1CCN(S(=O)(=O)c2ccccc2Cl)CC1. The van der Waals surface area contributed by atoms with Crippen molar-refractivity contribution in [2.45, 2.75) is 24.2 Å². The smallest absolute Gasteiger partial charge is 0.254 e. The van der Waals surface area contributed by atoms with Gasteiger partial charge in [-0.2, -0.15) is 4.31 Å². The molecule has 1 aliphatic carbocycles. The minimum Gasteiger partial charge on any atom is -0.336 e. The van der Waals surface area contributed by atoms with Crippen LogP contribution in [0, 0.1) is 0 Å². The molecule has 0 atom stereocenters. The average Bonchev–Trinajstić information content (AvgIpc) is 3.25. The number of hydrogen-bond donors (Lipinski definition) is 0. The molecule has 0 spiro atoms. The number of carbonyl (C=O) groups excluding carboxylic acids is 1. The Kier molecular flexibility index (Phi) is 5.20. The molecule has 2 aromatic carbocycles. The molecule has 3 aromatic rings. The van der Waals surface area contributed by atoms with Gasteiger partial charge in [0.05, 0.1) is 16.1 Å². The molecule has 31 heavy (non-hydrogen) atoms. The van der Waals surface area contributed by atoms with Gasteiger partial charge in [-0.25, -0.2) is 8.42 Å². The van der Waals surface area contributed by atoms with Gasteiger partial charge in [0, 0.05) is 37.3 Å². The molecule has 0 radical (unpaired) electrons. The Bertz CT molecular complexity index is 1280. The zero-order chi connectivity index (χ0) is 21.6. The quantitative estimate of drug-likeness (QED) is 0.605. The van der Waals surface area contributed by atoms with Crippen molar-refractivity contribution in [3.63, 3.8) is 0 Å². The number of hydrogen-bond acceptors (Lipinski definition) is 4. The zero-order valence-electron chi connectivity index (χ0n) is 16.9. The predicted octanol–water partition coefficient (Wildman–Crippen LogP) is 3.52. The third kappa shape index (κ3) is 3.50. The lowest BCUT2D eigenvalue weighted by Gasteiger charge is -2.34. The monoisotopic (exact) mass is 455 g/mol. The van der Waals surface area contributed by atoms with Gasteiger partial charge in [-0.3, -0.25) is 9.78 Å². The van der Waals surface area contributed by atoms with Crippen molar-refractivity contribution in [3.05, 3.63) is 70.4 Å². The van der Waals surface area contributed by atoms with Crippen molar-refractivity contribution < 1.29 is 13.2 Å². The molecule has 0 saturated carbocycles. The highest BCUT2D eigenvalue weighted by Crippen LogP contribution is 2.31. The first-order valence-electron chi connectivity index (χ1n) is 10.4. The summed E-state index contributed by atoms with van der Waals surface area (Å²) in [4.78, 5) is 20.2. The summed E-state index contributed by atoms with van der Waals surface area (Å²) in [6, 6.07) is 14.2. The summed E-state index contributed by atoms with van der Waals surface area (Å²) in [5.74, 6) is -0.0356. The Morgan fingerprint density at radius 2 is 1.65 bits per heavy atom. The Balaban J connectivity index is 1.41. The lowest BCUT2D eigenvalue weighted by molar-refractivity contribution is 0.0699. The van der Waals surface area contributed by atoms with Crippen molar-refractivity contribution in [2.24, 2.45) is 0 Å². The molecule has 160 valence electrons. The third-order valence-corrected chi connectivity index (χ3v) is 8.51. The number of rotatable bonds is 3. The van der Waals surface area contributed by atoms with E-state index in [1.54, 1.807) is 23.1 Å². The molecule has 1 aliphatic heterocycles. The highest BCUT2D eigenvalue weighted by molar-refractivity contribution is 7.89. The molecule has 1 aromatic heterocycles. The van der Waals surface area contributed by atoms with E-state index in [9.17, 15) is 13.2 Å². The first-order valence-corrected chi connectivity index (χ1v) is 12.2. The normalized spacial score (nSPS) is 17.1. The van der Waals surface area contributed by atoms with Crippen molar-refractivity contribution >= 4 is 38.4 Å². The van der Waals surface area contributed by atoms with Gasteiger partial charge < -0.3 is 4.90 Å². The summed E-state index contributed by atoms with van der Waals surface area (Å²) in [5, 5.41) is 1.08. The second kappa shape index (κ2) is 7.89. The van der Waals surface area contributed by atoms with Crippen LogP contribution in [-0.2, 0) is 22.9 Å². The molecule has 0 unspecified atom stereocenters. The molecule has 2 heterocycles. The second-order valence-corrected chi connectivity index (χ2v) is 10.2. The number of piperazine rings is 1. The maximum Gasteiger partial charge on any atom is 0.254 e. The van der Waals surface area contributed by atoms with Crippen LogP contribution in [0.15, 0.2) is 53.4 Å². The number of benzene rings is 2. The van der Waals surface area contributed by atoms with Gasteiger partial charge in [-0.05, 0) is 43.0 Å². The first kappa shape index (κ1) is 20.4. The summed E-state index contributed by atoms with van der Waals surface area (Å²) >= 11 is 6.12. The van der Waals surface area contributed by atoms with Crippen LogP contribution in [0.4, 0.5) is 0 Å². The fourth-order valence-corrected chi connectivity index (χ4v) is 6.45. The van der Waals surface area contributed by atoms with E-state index >= 15 is 0 Å². The van der Waals surface area contributed by atoms with Crippen molar-refractivity contribution in [2.75, 3.05) is 26.2 Å². The van der Waals surface area contributed by atoms with Crippen LogP contribution in [0.2, 0.25) is 5.02 Å². The Hall–Kier alpha value is -2.48. The lowest BCUT2D eigenvalue weighted by Crippen LogP contribution is -2.50. The molecule has 2 aliphatic rings. The Morgan fingerprint density at radius 3 is 2.42 bits per heavy atom. The third-order valence-electron chi connectivity index (χ3n) is 6.11. The van der Waals surface area contributed by atoms with Crippen LogP contribution in [0.5, 0.6) is 0 Å². The molecule has 6 nitrogen and oxygen atoms in total. The lowest BCUT2D eigenvalue weighted by atomic mass is 10.00. The number of nitrogens with zero attached hydrogens (tertiary/aromatic N) is 3. The number of halogens is 1. The van der Waals surface area contributed by atoms with Crippen molar-refractivity contribution in [1.29, 1.82) is 0 Å². The first-order chi connectivity index (χ1) is 15.0. The van der Waals surface area contributed by atoms with Gasteiger partial charge in [-0.1, -0.05) is 41.9 Å². The molecule has 1 amide bonds. The van der Waals surface area contributed by atoms with Crippen molar-refractivity contribution in [3.8, 4) is 0 Å². The van der Waals surface area contributed by atoms with Gasteiger partial charge in [0.15, 0.2) is 0 Å². The maximum atomic E-state index is 13.6. The predicted molar refractivity (Wildman–Crippen MR) is 120 cm³/mol. The zero-order valence-corrected chi connectivity index (χ0v) is 18.5. The number of aromatic nitrogens is 1. The number of amides is 1. The highest BCUT2D eigenvalue weighted by Gasteiger charge is 2.33. The minimum atomic E-state index is -3.70. The Morgan fingerprint density at radius 1 is 0.935 bits per heavy atom. The van der Waals surface area contributed by atoms with Gasteiger partial charge in [-0.15, -0.1) is 0 Å². The molecule has 5 rings (SSSR count). The van der Waals surface area contributed by atoms with Crippen LogP contribution in [0.3, 0.4) is 0 Å². The minimum absolute atomic E-state index is 0.0356. The van der Waals surface area contributed by atoms with E-state index in [0.29, 0.717) is 13.1 Å². The summed E-state index contributed by atoms with van der Waals surface area (Å²) in [7, 11) is -3.70. The van der Waals surface area contributed by atoms with E-state index in [1.807, 2.05) is 24.3 Å². The fraction of sp³-hybridized carbons (Fsp3) is 0.304. The van der Waals surface area contributed by atoms with E-state index in [0.717, 1.165) is 47.0 Å². The molecular weight excluding hydrogens is 434 g/mol. The van der Waals surface area contributed by atoms with Crippen LogP contribution < -0.4 is 0 Å². The second-order valence-electron chi connectivity index (χ2n) is 7.91. The van der Waals surface area contributed by atoms with Crippen LogP contribution >= 0.6 is 11.6 Å². The van der Waals surface area contributed by atoms with Crippen LogP contribution in [0.25, 0.3) is 10.9 Å². The van der Waals surface area contributed by atoms with Crippen LogP contribution in [0.1, 0.15) is 28.0 Å². The molecule has 1 saturated heterocycles. The standard InChI is InChI=1S/C23H22ClN3O3S/c24-18-8-2-4-11-21(18)31(29,30)27-14-12-26(13-15-27)23(28)22-16-6-1-3-9-19(16)25-20-10-5-7-17(20)22/h1-4,6,8-9,11H,5,7,10,12-15H2. The summed E-state index contributed by atoms with van der Waals surface area (Å²) in [6.45, 7) is 1.16. The number of carbonyl (C=O) groups is 1. The topological polar surface area (TPSA) is 70.6 Å².